The summed E-state index contributed by atoms with van der Waals surface area (Å²) in [7, 11) is 0. The van der Waals surface area contributed by atoms with Crippen molar-refractivity contribution in [2.75, 3.05) is 52.4 Å². The van der Waals surface area contributed by atoms with Crippen LogP contribution in [0.4, 0.5) is 0 Å². The molecule has 0 aromatic carbocycles. The number of aryl methyl sites for hydroxylation is 4. The molecule has 0 bridgehead atoms. The van der Waals surface area contributed by atoms with E-state index in [1.54, 1.807) is 0 Å². The zero-order chi connectivity index (χ0) is 46.7. The molecule has 0 saturated carbocycles. The van der Waals surface area contributed by atoms with Gasteiger partial charge in [-0.2, -0.15) is 0 Å². The molecule has 1 saturated heterocycles. The Kier molecular flexibility index (Phi) is 15.1. The fraction of sp³-hybridized carbons (Fsp3) is 0.286. The van der Waals surface area contributed by atoms with Gasteiger partial charge < -0.3 is 0 Å². The molecule has 1 fully saturated rings. The Morgan fingerprint density at radius 1 is 0.250 bits per heavy atom. The molecule has 68 heavy (non-hydrogen) atoms. The first-order chi connectivity index (χ1) is 33.2. The zero-order valence-corrected chi connectivity index (χ0v) is 39.7. The lowest BCUT2D eigenvalue weighted by Gasteiger charge is -2.34. The van der Waals surface area contributed by atoms with Gasteiger partial charge in [0.15, 0.2) is 0 Å². The maximum atomic E-state index is 4.87. The molecule has 1 aliphatic heterocycles. The lowest BCUT2D eigenvalue weighted by Crippen LogP contribution is -2.45. The van der Waals surface area contributed by atoms with Crippen molar-refractivity contribution in [3.63, 3.8) is 0 Å². The second kappa shape index (κ2) is 22.2. The van der Waals surface area contributed by atoms with Gasteiger partial charge in [-0.25, -0.2) is 0 Å². The van der Waals surface area contributed by atoms with Crippen LogP contribution in [0.1, 0.15) is 44.5 Å². The van der Waals surface area contributed by atoms with Crippen molar-refractivity contribution in [2.24, 2.45) is 0 Å². The van der Waals surface area contributed by atoms with Crippen LogP contribution >= 0.6 is 0 Å². The van der Waals surface area contributed by atoms with Crippen molar-refractivity contribution in [1.29, 1.82) is 0 Å². The molecule has 0 N–H and O–H groups in total. The van der Waals surface area contributed by atoms with Crippen LogP contribution < -0.4 is 0 Å². The molecule has 12 nitrogen and oxygen atoms in total. The molecule has 12 heteroatoms. The fourth-order valence-electron chi connectivity index (χ4n) is 8.40. The van der Waals surface area contributed by atoms with Crippen LogP contribution in [0, 0.1) is 27.7 Å². The number of aromatic nitrogens is 8. The number of pyridine rings is 8. The molecule has 0 unspecified atom stereocenters. The summed E-state index contributed by atoms with van der Waals surface area (Å²) in [5, 5.41) is 0. The van der Waals surface area contributed by atoms with Gasteiger partial charge in [0.25, 0.3) is 0 Å². The molecule has 1 aliphatic rings. The first-order valence-corrected chi connectivity index (χ1v) is 23.7. The standard InChI is InChI=1S/C56H60N12/c1-41-5-13-49(57-29-41)53-17-9-45(33-61-53)37-65-21-23-66(38-46-10-18-54(62-34-46)50-14-6-42(2)30-58-50)25-27-68(40-48-12-20-56(64-36-48)52-16-8-44(4)32-60-52)28-26-67(24-22-65)39-47-11-19-55(63-35-47)51-15-7-43(3)31-59-51/h5-20,29-36H,21-28,37-40H2,1-4H3. The molecule has 8 aromatic rings. The van der Waals surface area contributed by atoms with Crippen molar-refractivity contribution in [3.8, 4) is 45.6 Å². The summed E-state index contributed by atoms with van der Waals surface area (Å²) < 4.78 is 0. The molecule has 0 radical (unpaired) electrons. The number of hydrogen-bond acceptors (Lipinski definition) is 12. The Labute approximate surface area is 400 Å². The molecular formula is C56H60N12. The highest BCUT2D eigenvalue weighted by atomic mass is 15.3. The normalized spacial score (nSPS) is 14.9. The zero-order valence-electron chi connectivity index (χ0n) is 39.7. The summed E-state index contributed by atoms with van der Waals surface area (Å²) in [4.78, 5) is 48.3. The molecule has 9 rings (SSSR count). The Bertz CT molecular complexity index is 2390. The molecular weight excluding hydrogens is 841 g/mol. The summed E-state index contributed by atoms with van der Waals surface area (Å²) in [6.07, 6.45) is 15.7. The highest BCUT2D eigenvalue weighted by molar-refractivity contribution is 5.56. The summed E-state index contributed by atoms with van der Waals surface area (Å²) in [5.74, 6) is 0. The van der Waals surface area contributed by atoms with Gasteiger partial charge in [0.2, 0.25) is 0 Å². The van der Waals surface area contributed by atoms with Gasteiger partial charge in [0, 0.05) is 128 Å². The van der Waals surface area contributed by atoms with Crippen LogP contribution in [0.5, 0.6) is 0 Å². The average Bonchev–Trinajstić information content (AvgIpc) is 3.36. The minimum absolute atomic E-state index is 0.795. The van der Waals surface area contributed by atoms with E-state index in [9.17, 15) is 0 Å². The number of hydrogen-bond donors (Lipinski definition) is 0. The molecule has 344 valence electrons. The molecule has 0 atom stereocenters. The van der Waals surface area contributed by atoms with Crippen LogP contribution in [0.15, 0.2) is 147 Å². The highest BCUT2D eigenvalue weighted by Crippen LogP contribution is 2.21. The third-order valence-corrected chi connectivity index (χ3v) is 12.5. The van der Waals surface area contributed by atoms with Gasteiger partial charge in [-0.3, -0.25) is 59.5 Å². The Morgan fingerprint density at radius 3 is 0.574 bits per heavy atom. The van der Waals surface area contributed by atoms with Crippen LogP contribution in [0.2, 0.25) is 0 Å². The average molecular weight is 901 g/mol. The van der Waals surface area contributed by atoms with Crippen LogP contribution in [-0.2, 0) is 26.2 Å². The highest BCUT2D eigenvalue weighted by Gasteiger charge is 2.19. The molecule has 0 aliphatic carbocycles. The Morgan fingerprint density at radius 2 is 0.426 bits per heavy atom. The lowest BCUT2D eigenvalue weighted by molar-refractivity contribution is 0.122. The number of rotatable bonds is 12. The van der Waals surface area contributed by atoms with E-state index in [0.29, 0.717) is 0 Å². The topological polar surface area (TPSA) is 116 Å². The van der Waals surface area contributed by atoms with Gasteiger partial charge in [0.1, 0.15) is 0 Å². The molecule has 8 aromatic heterocycles. The summed E-state index contributed by atoms with van der Waals surface area (Å²) in [5.41, 5.74) is 16.4. The van der Waals surface area contributed by atoms with E-state index in [1.165, 1.54) is 22.3 Å². The molecule has 0 amide bonds. The maximum Gasteiger partial charge on any atom is 0.0886 e. The summed E-state index contributed by atoms with van der Waals surface area (Å²) in [6, 6.07) is 33.7. The van der Waals surface area contributed by atoms with Gasteiger partial charge >= 0.3 is 0 Å². The van der Waals surface area contributed by atoms with E-state index < -0.39 is 0 Å². The predicted octanol–water partition coefficient (Wildman–Crippen LogP) is 9.07. The first-order valence-electron chi connectivity index (χ1n) is 23.7. The van der Waals surface area contributed by atoms with E-state index in [1.807, 2.05) is 73.8 Å². The minimum atomic E-state index is 0.795. The van der Waals surface area contributed by atoms with Crippen molar-refractivity contribution in [2.45, 2.75) is 53.9 Å². The minimum Gasteiger partial charge on any atom is -0.296 e. The smallest absolute Gasteiger partial charge is 0.0886 e. The van der Waals surface area contributed by atoms with Crippen LogP contribution in [0.3, 0.4) is 0 Å². The van der Waals surface area contributed by atoms with E-state index in [2.05, 4.69) is 140 Å². The van der Waals surface area contributed by atoms with Gasteiger partial charge in [-0.05, 0) is 121 Å². The van der Waals surface area contributed by atoms with Gasteiger partial charge in [-0.15, -0.1) is 0 Å². The van der Waals surface area contributed by atoms with E-state index in [-0.39, 0.29) is 0 Å². The fourth-order valence-corrected chi connectivity index (χ4v) is 8.40. The van der Waals surface area contributed by atoms with Crippen molar-refractivity contribution in [3.05, 3.63) is 191 Å². The third-order valence-electron chi connectivity index (χ3n) is 12.5. The van der Waals surface area contributed by atoms with E-state index in [4.69, 9.17) is 19.9 Å². The van der Waals surface area contributed by atoms with Crippen molar-refractivity contribution < 1.29 is 0 Å². The second-order valence-electron chi connectivity index (χ2n) is 18.2. The predicted molar refractivity (Wildman–Crippen MR) is 270 cm³/mol. The van der Waals surface area contributed by atoms with E-state index in [0.717, 1.165) is 146 Å². The summed E-state index contributed by atoms with van der Waals surface area (Å²) >= 11 is 0. The first kappa shape index (κ1) is 46.2. The largest absolute Gasteiger partial charge is 0.296 e. The number of nitrogens with zero attached hydrogens (tertiary/aromatic N) is 12. The Balaban J connectivity index is 0.961. The monoisotopic (exact) mass is 901 g/mol. The second-order valence-corrected chi connectivity index (χ2v) is 18.2. The molecule has 9 heterocycles. The van der Waals surface area contributed by atoms with Crippen molar-refractivity contribution >= 4 is 0 Å². The van der Waals surface area contributed by atoms with Gasteiger partial charge in [0.05, 0.1) is 45.6 Å². The lowest BCUT2D eigenvalue weighted by atomic mass is 10.1. The third kappa shape index (κ3) is 12.7. The van der Waals surface area contributed by atoms with Crippen LogP contribution in [0.25, 0.3) is 45.6 Å². The van der Waals surface area contributed by atoms with Crippen LogP contribution in [-0.4, -0.2) is 112 Å². The van der Waals surface area contributed by atoms with Gasteiger partial charge in [-0.1, -0.05) is 48.5 Å². The Hall–Kier alpha value is -6.96. The summed E-state index contributed by atoms with van der Waals surface area (Å²) in [6.45, 7) is 18.6. The maximum absolute atomic E-state index is 4.87. The van der Waals surface area contributed by atoms with Crippen molar-refractivity contribution in [1.82, 2.24) is 59.5 Å². The molecule has 0 spiro atoms. The SMILES string of the molecule is Cc1ccc(-c2ccc(CN3CCN(Cc4ccc(-c5ccc(C)cn5)nc4)CCN(Cc4ccc(-c5ccc(C)cn5)nc4)CCN(Cc4ccc(-c5ccc(C)cn5)nc4)CC3)cn2)nc1. The van der Waals surface area contributed by atoms with E-state index >= 15 is 0 Å². The quantitative estimate of drug-likeness (QED) is 0.117.